The molecule has 0 atom stereocenters. The summed E-state index contributed by atoms with van der Waals surface area (Å²) >= 11 is 0. The second-order valence-corrected chi connectivity index (χ2v) is 4.51. The Kier molecular flexibility index (Phi) is 20.3. The minimum absolute atomic E-state index is 0.146. The molecule has 0 saturated carbocycles. The number of carbonyl (C=O) groups is 1. The van der Waals surface area contributed by atoms with E-state index in [9.17, 15) is 4.79 Å². The van der Waals surface area contributed by atoms with Crippen LogP contribution < -0.4 is 0 Å². The Morgan fingerprint density at radius 2 is 1.00 bits per heavy atom. The van der Waals surface area contributed by atoms with Gasteiger partial charge in [-0.15, -0.1) is 0 Å². The zero-order valence-corrected chi connectivity index (χ0v) is 15.2. The van der Waals surface area contributed by atoms with Gasteiger partial charge in [-0.1, -0.05) is 0 Å². The minimum atomic E-state index is -0.734. The Hall–Kier alpha value is -0.970. The molecular formula is C16H31O9. The van der Waals surface area contributed by atoms with Gasteiger partial charge in [0.2, 0.25) is 0 Å². The van der Waals surface area contributed by atoms with Crippen molar-refractivity contribution in [3.63, 3.8) is 0 Å². The zero-order valence-electron chi connectivity index (χ0n) is 15.2. The first kappa shape index (κ1) is 24.0. The number of hydrogen-bond acceptors (Lipinski definition) is 9. The van der Waals surface area contributed by atoms with Crippen LogP contribution in [-0.4, -0.2) is 92.5 Å². The Morgan fingerprint density at radius 1 is 0.640 bits per heavy atom. The minimum Gasteiger partial charge on any atom is -0.432 e. The van der Waals surface area contributed by atoms with Crippen molar-refractivity contribution in [3.8, 4) is 0 Å². The lowest BCUT2D eigenvalue weighted by Gasteiger charge is -2.08. The van der Waals surface area contributed by atoms with Gasteiger partial charge < -0.3 is 37.9 Å². The summed E-state index contributed by atoms with van der Waals surface area (Å²) in [6.45, 7) is 8.44. The predicted octanol–water partition coefficient (Wildman–Crippen LogP) is 1.05. The van der Waals surface area contributed by atoms with Crippen molar-refractivity contribution in [2.45, 2.75) is 6.92 Å². The molecule has 0 aliphatic heterocycles. The maximum Gasteiger partial charge on any atom is 0.508 e. The van der Waals surface area contributed by atoms with E-state index >= 15 is 0 Å². The van der Waals surface area contributed by atoms with Gasteiger partial charge in [0.05, 0.1) is 72.7 Å². The third-order valence-corrected chi connectivity index (χ3v) is 2.58. The molecule has 0 unspecified atom stereocenters. The molecular weight excluding hydrogens is 336 g/mol. The van der Waals surface area contributed by atoms with Gasteiger partial charge in [-0.2, -0.15) is 0 Å². The third kappa shape index (κ3) is 21.0. The lowest BCUT2D eigenvalue weighted by Crippen LogP contribution is -2.15. The van der Waals surface area contributed by atoms with Crippen LogP contribution in [0.1, 0.15) is 6.92 Å². The number of rotatable bonds is 19. The van der Waals surface area contributed by atoms with Crippen LogP contribution in [0.4, 0.5) is 4.79 Å². The third-order valence-electron chi connectivity index (χ3n) is 2.58. The number of methoxy groups -OCH3 is 1. The SMILES string of the molecule is C[CH]OC(=O)OCCOCCOCCOCCOCCOCCOC. The summed E-state index contributed by atoms with van der Waals surface area (Å²) in [6.07, 6.45) is -0.734. The van der Waals surface area contributed by atoms with Crippen LogP contribution >= 0.6 is 0 Å². The van der Waals surface area contributed by atoms with Crippen molar-refractivity contribution < 1.29 is 42.7 Å². The van der Waals surface area contributed by atoms with Gasteiger partial charge in [-0.3, -0.25) is 0 Å². The van der Waals surface area contributed by atoms with Gasteiger partial charge in [-0.05, 0) is 6.92 Å². The van der Waals surface area contributed by atoms with Crippen molar-refractivity contribution in [3.05, 3.63) is 6.61 Å². The fourth-order valence-corrected chi connectivity index (χ4v) is 1.44. The molecule has 0 aromatic rings. The van der Waals surface area contributed by atoms with Crippen molar-refractivity contribution in [1.82, 2.24) is 0 Å². The van der Waals surface area contributed by atoms with E-state index in [2.05, 4.69) is 4.74 Å². The highest BCUT2D eigenvalue weighted by atomic mass is 16.7. The molecule has 0 aromatic heterocycles. The van der Waals surface area contributed by atoms with Gasteiger partial charge in [-0.25, -0.2) is 4.79 Å². The van der Waals surface area contributed by atoms with E-state index in [-0.39, 0.29) is 6.61 Å². The summed E-state index contributed by atoms with van der Waals surface area (Å²) in [5, 5.41) is 0. The fraction of sp³-hybridized carbons (Fsp3) is 0.875. The van der Waals surface area contributed by atoms with Gasteiger partial charge in [0.15, 0.2) is 0 Å². The molecule has 0 saturated heterocycles. The highest BCUT2D eigenvalue weighted by Crippen LogP contribution is 1.88. The van der Waals surface area contributed by atoms with Crippen molar-refractivity contribution in [1.29, 1.82) is 0 Å². The molecule has 0 spiro atoms. The lowest BCUT2D eigenvalue weighted by molar-refractivity contribution is -0.0182. The first-order valence-electron chi connectivity index (χ1n) is 8.30. The Balaban J connectivity index is 3.02. The zero-order chi connectivity index (χ0) is 18.4. The van der Waals surface area contributed by atoms with E-state index in [0.29, 0.717) is 72.7 Å². The van der Waals surface area contributed by atoms with Gasteiger partial charge in [0.25, 0.3) is 0 Å². The highest BCUT2D eigenvalue weighted by molar-refractivity contribution is 5.60. The highest BCUT2D eigenvalue weighted by Gasteiger charge is 2.01. The molecule has 0 fully saturated rings. The molecule has 0 bridgehead atoms. The lowest BCUT2D eigenvalue weighted by atomic mass is 10.7. The summed E-state index contributed by atoms with van der Waals surface area (Å²) in [5.41, 5.74) is 0. The molecule has 1 radical (unpaired) electrons. The second-order valence-electron chi connectivity index (χ2n) is 4.51. The smallest absolute Gasteiger partial charge is 0.432 e. The van der Waals surface area contributed by atoms with Crippen LogP contribution in [0.5, 0.6) is 0 Å². The van der Waals surface area contributed by atoms with E-state index in [4.69, 9.17) is 33.2 Å². The average molecular weight is 367 g/mol. The summed E-state index contributed by atoms with van der Waals surface area (Å²) in [4.78, 5) is 10.8. The molecule has 0 aliphatic rings. The monoisotopic (exact) mass is 367 g/mol. The molecule has 149 valence electrons. The topological polar surface area (TPSA) is 90.9 Å². The van der Waals surface area contributed by atoms with E-state index in [1.165, 1.54) is 6.61 Å². The van der Waals surface area contributed by atoms with Crippen LogP contribution in [0.25, 0.3) is 0 Å². The van der Waals surface area contributed by atoms with Crippen LogP contribution in [0.15, 0.2) is 0 Å². The maximum absolute atomic E-state index is 10.8. The first-order valence-corrected chi connectivity index (χ1v) is 8.30. The Bertz CT molecular complexity index is 276. The molecule has 0 N–H and O–H groups in total. The Labute approximate surface area is 149 Å². The summed E-state index contributed by atoms with van der Waals surface area (Å²) in [6, 6.07) is 0. The molecule has 9 heteroatoms. The van der Waals surface area contributed by atoms with Gasteiger partial charge in [0, 0.05) is 7.11 Å². The largest absolute Gasteiger partial charge is 0.508 e. The van der Waals surface area contributed by atoms with E-state index < -0.39 is 6.16 Å². The van der Waals surface area contributed by atoms with Crippen molar-refractivity contribution >= 4 is 6.16 Å². The molecule has 0 heterocycles. The van der Waals surface area contributed by atoms with Crippen molar-refractivity contribution in [2.75, 3.05) is 86.4 Å². The van der Waals surface area contributed by atoms with E-state index in [0.717, 1.165) is 0 Å². The number of ether oxygens (including phenoxy) is 8. The maximum atomic E-state index is 10.8. The van der Waals surface area contributed by atoms with E-state index in [1.807, 2.05) is 0 Å². The summed E-state index contributed by atoms with van der Waals surface area (Å²) in [7, 11) is 1.64. The van der Waals surface area contributed by atoms with Crippen LogP contribution in [0, 0.1) is 6.61 Å². The normalized spacial score (nSPS) is 10.8. The first-order chi connectivity index (χ1) is 12.3. The standard InChI is InChI=1S/C16H31O9/c1-3-24-16(17)25-15-14-23-13-12-22-11-10-21-9-8-20-7-6-19-5-4-18-2/h3H,4-15H2,1-2H3. The molecule has 0 rings (SSSR count). The van der Waals surface area contributed by atoms with Crippen LogP contribution in [-0.2, 0) is 37.9 Å². The second kappa shape index (κ2) is 21.1. The molecule has 0 amide bonds. The average Bonchev–Trinajstić information content (AvgIpc) is 2.61. The fourth-order valence-electron chi connectivity index (χ4n) is 1.44. The number of hydrogen-bond donors (Lipinski definition) is 0. The van der Waals surface area contributed by atoms with Crippen LogP contribution in [0.3, 0.4) is 0 Å². The molecule has 9 nitrogen and oxygen atoms in total. The summed E-state index contributed by atoms with van der Waals surface area (Å²) in [5.74, 6) is 0. The molecule has 0 aliphatic carbocycles. The Morgan fingerprint density at radius 3 is 1.36 bits per heavy atom. The molecule has 0 aromatic carbocycles. The quantitative estimate of drug-likeness (QED) is 0.245. The summed E-state index contributed by atoms with van der Waals surface area (Å²) < 4.78 is 40.5. The van der Waals surface area contributed by atoms with Gasteiger partial charge in [0.1, 0.15) is 13.2 Å². The predicted molar refractivity (Wildman–Crippen MR) is 88.4 cm³/mol. The van der Waals surface area contributed by atoms with Gasteiger partial charge >= 0.3 is 6.16 Å². The number of carbonyl (C=O) groups excluding carboxylic acids is 1. The van der Waals surface area contributed by atoms with Crippen LogP contribution in [0.2, 0.25) is 0 Å². The molecule has 25 heavy (non-hydrogen) atoms. The van der Waals surface area contributed by atoms with Crippen molar-refractivity contribution in [2.24, 2.45) is 0 Å². The van der Waals surface area contributed by atoms with E-state index in [1.54, 1.807) is 14.0 Å².